The number of carbonyl (C=O) groups is 3. The first-order chi connectivity index (χ1) is 9.93. The van der Waals surface area contributed by atoms with Crippen molar-refractivity contribution in [2.24, 2.45) is 0 Å². The van der Waals surface area contributed by atoms with E-state index in [9.17, 15) is 29.7 Å². The van der Waals surface area contributed by atoms with Gasteiger partial charge in [-0.15, -0.1) is 0 Å². The van der Waals surface area contributed by atoms with E-state index in [0.29, 0.717) is 0 Å². The van der Waals surface area contributed by atoms with Gasteiger partial charge in [0.15, 0.2) is 0 Å². The summed E-state index contributed by atoms with van der Waals surface area (Å²) in [4.78, 5) is 52.3. The molecular formula is C9H17Na6O14P. The zero-order valence-corrected chi connectivity index (χ0v) is 31.5. The maximum Gasteiger partial charge on any atom is 1.00 e. The van der Waals surface area contributed by atoms with Crippen molar-refractivity contribution in [3.63, 3.8) is 0 Å². The van der Waals surface area contributed by atoms with Crippen molar-refractivity contribution in [1.82, 2.24) is 0 Å². The third-order valence-electron chi connectivity index (χ3n) is 1.02. The van der Waals surface area contributed by atoms with Gasteiger partial charge in [-0.2, -0.15) is 0 Å². The van der Waals surface area contributed by atoms with Gasteiger partial charge in [0.25, 0.3) is 0 Å². The molecule has 5 N–H and O–H groups in total. The molecule has 0 aromatic rings. The molecule has 0 saturated carbocycles. The molecule has 148 valence electrons. The van der Waals surface area contributed by atoms with E-state index in [1.807, 2.05) is 0 Å². The predicted octanol–water partition coefficient (Wildman–Crippen LogP) is -26.0. The normalized spacial score (nSPS) is 10.2. The SMILES string of the molecule is CC(O)C(=O)[O-].CC(O)C(=O)[O-].CC(O)C(=O)[O-].O=P([O-])([O-])O.[Na+].[Na+].[Na+].[Na+].[Na+].[Na+].[OH-]. The number of carbonyl (C=O) groups excluding carboxylic acids is 3. The summed E-state index contributed by atoms with van der Waals surface area (Å²) < 4.78 is 8.66. The number of rotatable bonds is 3. The van der Waals surface area contributed by atoms with E-state index < -0.39 is 44.0 Å². The second kappa shape index (κ2) is 43.4. The van der Waals surface area contributed by atoms with Crippen LogP contribution in [0.2, 0.25) is 0 Å². The maximum atomic E-state index is 9.34. The van der Waals surface area contributed by atoms with Gasteiger partial charge < -0.3 is 69.7 Å². The van der Waals surface area contributed by atoms with Gasteiger partial charge in [-0.1, -0.05) is 0 Å². The number of hydrogen-bond donors (Lipinski definition) is 4. The molecule has 21 heteroatoms. The average molecular weight is 518 g/mol. The van der Waals surface area contributed by atoms with Gasteiger partial charge in [-0.05, 0) is 20.8 Å². The minimum Gasteiger partial charge on any atom is -0.870 e. The van der Waals surface area contributed by atoms with Crippen LogP contribution in [0.15, 0.2) is 0 Å². The Hall–Kier alpha value is 4.36. The molecule has 3 unspecified atom stereocenters. The molecule has 0 aromatic carbocycles. The van der Waals surface area contributed by atoms with Crippen molar-refractivity contribution in [1.29, 1.82) is 0 Å². The Morgan fingerprint density at radius 3 is 0.667 bits per heavy atom. The third kappa shape index (κ3) is 119. The van der Waals surface area contributed by atoms with Crippen LogP contribution in [-0.2, 0) is 18.9 Å². The predicted molar refractivity (Wildman–Crippen MR) is 61.8 cm³/mol. The molecule has 0 saturated heterocycles. The third-order valence-corrected chi connectivity index (χ3v) is 1.02. The second-order valence-electron chi connectivity index (χ2n) is 3.45. The zero-order chi connectivity index (χ0) is 20.0. The van der Waals surface area contributed by atoms with Crippen molar-refractivity contribution in [3.05, 3.63) is 0 Å². The molecule has 0 aliphatic carbocycles. The van der Waals surface area contributed by atoms with Gasteiger partial charge in [0.1, 0.15) is 0 Å². The summed E-state index contributed by atoms with van der Waals surface area (Å²) in [6.45, 7) is 3.40. The number of carboxylic acid groups (broad SMARTS) is 3. The van der Waals surface area contributed by atoms with Gasteiger partial charge >= 0.3 is 177 Å². The zero-order valence-electron chi connectivity index (χ0n) is 18.6. The standard InChI is InChI=1S/3C3H6O3.6Na.H3O4P.H2O/c3*1-2(4)3(5)6;;;;;;;1-5(2,3)4;/h3*2,4H,1H3,(H,5,6);;;;;;;(H3,1,2,3,4);1H2/q;;;6*+1;;/p-6. The largest absolute Gasteiger partial charge is 1.00 e. The molecular weight excluding hydrogens is 501 g/mol. The number of carboxylic acids is 3. The summed E-state index contributed by atoms with van der Waals surface area (Å²) in [5.74, 6) is -4.31. The number of aliphatic carboxylic acids is 3. The first kappa shape index (κ1) is 70.1. The summed E-state index contributed by atoms with van der Waals surface area (Å²) in [7, 11) is -5.14. The van der Waals surface area contributed by atoms with Gasteiger partial charge in [0.2, 0.25) is 0 Å². The minimum atomic E-state index is -5.14. The smallest absolute Gasteiger partial charge is 0.870 e. The average Bonchev–Trinajstić information content (AvgIpc) is 2.27. The monoisotopic (exact) mass is 518 g/mol. The Kier molecular flexibility index (Phi) is 101. The first-order valence-electron chi connectivity index (χ1n) is 5.35. The molecule has 0 aliphatic heterocycles. The number of hydrogen-bond acceptors (Lipinski definition) is 13. The quantitative estimate of drug-likeness (QED) is 0.199. The van der Waals surface area contributed by atoms with E-state index >= 15 is 0 Å². The Bertz CT molecular complexity index is 354. The molecule has 0 amide bonds. The van der Waals surface area contributed by atoms with Crippen LogP contribution in [0.5, 0.6) is 0 Å². The van der Waals surface area contributed by atoms with E-state index in [4.69, 9.17) is 34.6 Å². The van der Waals surface area contributed by atoms with E-state index in [0.717, 1.165) is 20.8 Å². The van der Waals surface area contributed by atoms with Crippen LogP contribution in [0.4, 0.5) is 0 Å². The van der Waals surface area contributed by atoms with Crippen molar-refractivity contribution in [2.45, 2.75) is 39.1 Å². The van der Waals surface area contributed by atoms with Crippen molar-refractivity contribution in [2.75, 3.05) is 0 Å². The molecule has 0 bridgehead atoms. The Morgan fingerprint density at radius 2 is 0.667 bits per heavy atom. The molecule has 0 radical (unpaired) electrons. The van der Waals surface area contributed by atoms with Crippen molar-refractivity contribution < 1.29 is 247 Å². The van der Waals surface area contributed by atoms with E-state index in [2.05, 4.69) is 0 Å². The topological polar surface area (TPSA) is 294 Å². The number of phosphoric acid groups is 1. The fourth-order valence-corrected chi connectivity index (χ4v) is 0. The molecule has 0 rings (SSSR count). The molecule has 0 aliphatic rings. The van der Waals surface area contributed by atoms with Gasteiger partial charge in [-0.3, -0.25) is 0 Å². The molecule has 14 nitrogen and oxygen atoms in total. The fraction of sp³-hybridized carbons (Fsp3) is 0.667. The van der Waals surface area contributed by atoms with Crippen LogP contribution in [0, 0.1) is 0 Å². The number of aliphatic hydroxyl groups excluding tert-OH is 3. The Balaban J connectivity index is -0.0000000166. The second-order valence-corrected chi connectivity index (χ2v) is 4.39. The Morgan fingerprint density at radius 1 is 0.633 bits per heavy atom. The van der Waals surface area contributed by atoms with Crippen molar-refractivity contribution >= 4 is 25.7 Å². The van der Waals surface area contributed by atoms with E-state index in [-0.39, 0.29) is 183 Å². The van der Waals surface area contributed by atoms with Crippen LogP contribution in [0.25, 0.3) is 0 Å². The fourth-order valence-electron chi connectivity index (χ4n) is 0. The van der Waals surface area contributed by atoms with Crippen molar-refractivity contribution in [3.8, 4) is 0 Å². The molecule has 0 heterocycles. The summed E-state index contributed by atoms with van der Waals surface area (Å²) in [6, 6.07) is 0. The van der Waals surface area contributed by atoms with Gasteiger partial charge in [0.05, 0.1) is 44.0 Å². The van der Waals surface area contributed by atoms with Crippen LogP contribution < -0.4 is 202 Å². The molecule has 3 atom stereocenters. The summed E-state index contributed by atoms with van der Waals surface area (Å²) in [5, 5.41) is 51.9. The van der Waals surface area contributed by atoms with Gasteiger partial charge in [0, 0.05) is 0 Å². The van der Waals surface area contributed by atoms with Crippen LogP contribution in [0.1, 0.15) is 20.8 Å². The molecule has 0 fully saturated rings. The van der Waals surface area contributed by atoms with E-state index in [1.165, 1.54) is 0 Å². The summed E-state index contributed by atoms with van der Waals surface area (Å²) >= 11 is 0. The molecule has 0 aromatic heterocycles. The van der Waals surface area contributed by atoms with E-state index in [1.54, 1.807) is 0 Å². The summed E-state index contributed by atoms with van der Waals surface area (Å²) in [6.07, 6.45) is -4.03. The maximum absolute atomic E-state index is 9.34. The van der Waals surface area contributed by atoms with Gasteiger partial charge in [-0.25, -0.2) is 0 Å². The number of aliphatic hydroxyl groups is 3. The van der Waals surface area contributed by atoms with Crippen LogP contribution in [-0.4, -0.2) is 61.9 Å². The first-order valence-corrected chi connectivity index (χ1v) is 6.84. The van der Waals surface area contributed by atoms with Crippen LogP contribution in [0.3, 0.4) is 0 Å². The Labute approximate surface area is 306 Å². The van der Waals surface area contributed by atoms with Crippen LogP contribution >= 0.6 is 7.82 Å². The minimum absolute atomic E-state index is 0. The molecule has 0 spiro atoms. The molecule has 30 heavy (non-hydrogen) atoms. The summed E-state index contributed by atoms with van der Waals surface area (Å²) in [5.41, 5.74) is 0.